The number of ether oxygens (including phenoxy) is 1. The summed E-state index contributed by atoms with van der Waals surface area (Å²) in [5.41, 5.74) is 1.42. The van der Waals surface area contributed by atoms with Crippen molar-refractivity contribution in [1.82, 2.24) is 20.4 Å². The Morgan fingerprint density at radius 2 is 2.19 bits per heavy atom. The maximum absolute atomic E-state index is 13.3. The number of aliphatic hydroxyl groups excluding tert-OH is 1. The number of fused-ring (bicyclic) bond motifs is 1. The Balaban J connectivity index is 0.00000180. The van der Waals surface area contributed by atoms with Gasteiger partial charge in [0.1, 0.15) is 5.60 Å². The number of nitrogens with one attached hydrogen (secondary N) is 2. The van der Waals surface area contributed by atoms with E-state index in [1.165, 1.54) is 19.3 Å². The molecule has 4 atom stereocenters. The molecule has 3 saturated heterocycles. The lowest BCUT2D eigenvalue weighted by Crippen LogP contribution is -2.52. The summed E-state index contributed by atoms with van der Waals surface area (Å²) in [6.45, 7) is 2.95. The Morgan fingerprint density at radius 3 is 2.96 bits per heavy atom. The fourth-order valence-corrected chi connectivity index (χ4v) is 5.79. The first kappa shape index (κ1) is 19.2. The molecule has 0 radical (unpaired) electrons. The summed E-state index contributed by atoms with van der Waals surface area (Å²) in [6.07, 6.45) is 7.79. The smallest absolute Gasteiger partial charge is 0.257 e. The molecular formula is C19H29ClN4O3. The van der Waals surface area contributed by atoms with Gasteiger partial charge >= 0.3 is 0 Å². The Kier molecular flexibility index (Phi) is 5.22. The predicted molar refractivity (Wildman–Crippen MR) is 102 cm³/mol. The standard InChI is InChI=1S/C19H28N4O3.ClH/c24-9-14-15-8-23(11-19(15)10-20-7-16(14)26-19)18(25)13-6-21-22-17(13)12-4-2-1-3-5-12;/h6,12,14-16,20,24H,1-5,7-11H2,(H,21,22);1H/t14-,15+,16+,19+;/m0./s1. The lowest BCUT2D eigenvalue weighted by Gasteiger charge is -2.34. The van der Waals surface area contributed by atoms with Crippen molar-refractivity contribution in [1.29, 1.82) is 0 Å². The topological polar surface area (TPSA) is 90.5 Å². The van der Waals surface area contributed by atoms with E-state index >= 15 is 0 Å². The van der Waals surface area contributed by atoms with E-state index in [9.17, 15) is 9.90 Å². The van der Waals surface area contributed by atoms with Crippen molar-refractivity contribution in [2.75, 3.05) is 32.8 Å². The number of likely N-dealkylation sites (tertiary alicyclic amines) is 1. The van der Waals surface area contributed by atoms with Crippen LogP contribution in [0, 0.1) is 11.8 Å². The summed E-state index contributed by atoms with van der Waals surface area (Å²) >= 11 is 0. The SMILES string of the molecule is Cl.O=C(c1cn[nH]c1C1CCCCC1)N1C[C@@H]2[C@H](CO)[C@H]3CNC[C@]2(C1)O3. The van der Waals surface area contributed by atoms with Crippen molar-refractivity contribution in [3.8, 4) is 0 Å². The van der Waals surface area contributed by atoms with Crippen molar-refractivity contribution >= 4 is 18.3 Å². The van der Waals surface area contributed by atoms with E-state index < -0.39 is 0 Å². The Labute approximate surface area is 165 Å². The fourth-order valence-electron chi connectivity index (χ4n) is 5.79. The van der Waals surface area contributed by atoms with Gasteiger partial charge in [0, 0.05) is 44.0 Å². The molecule has 2 bridgehead atoms. The zero-order valence-electron chi connectivity index (χ0n) is 15.5. The molecule has 8 heteroatoms. The summed E-state index contributed by atoms with van der Waals surface area (Å²) in [4.78, 5) is 15.2. The van der Waals surface area contributed by atoms with E-state index in [-0.39, 0.29) is 48.5 Å². The number of aliphatic hydroxyl groups is 1. The number of hydrogen-bond donors (Lipinski definition) is 3. The molecular weight excluding hydrogens is 368 g/mol. The van der Waals surface area contributed by atoms with Crippen LogP contribution in [0.1, 0.15) is 54.1 Å². The maximum atomic E-state index is 13.3. The van der Waals surface area contributed by atoms with Crippen LogP contribution in [0.4, 0.5) is 0 Å². The number of halogens is 1. The number of aromatic amines is 1. The Morgan fingerprint density at radius 1 is 1.37 bits per heavy atom. The average molecular weight is 397 g/mol. The molecule has 4 fully saturated rings. The normalized spacial score (nSPS) is 35.7. The van der Waals surface area contributed by atoms with Gasteiger partial charge in [-0.15, -0.1) is 12.4 Å². The third-order valence-electron chi connectivity index (χ3n) is 7.11. The lowest BCUT2D eigenvalue weighted by molar-refractivity contribution is -0.0726. The molecule has 4 aliphatic rings. The quantitative estimate of drug-likeness (QED) is 0.716. The van der Waals surface area contributed by atoms with Gasteiger partial charge in [0.25, 0.3) is 5.91 Å². The van der Waals surface area contributed by atoms with Crippen molar-refractivity contribution in [2.24, 2.45) is 11.8 Å². The number of aromatic nitrogens is 2. The van der Waals surface area contributed by atoms with E-state index in [4.69, 9.17) is 4.74 Å². The number of hydrogen-bond acceptors (Lipinski definition) is 5. The second kappa shape index (κ2) is 7.35. The molecule has 150 valence electrons. The Hall–Kier alpha value is -1.15. The number of H-pyrrole nitrogens is 1. The van der Waals surface area contributed by atoms with Crippen LogP contribution < -0.4 is 5.32 Å². The molecule has 0 unspecified atom stereocenters. The number of nitrogens with zero attached hydrogens (tertiary/aromatic N) is 2. The Bertz CT molecular complexity index is 692. The number of carbonyl (C=O) groups is 1. The van der Waals surface area contributed by atoms with Crippen LogP contribution >= 0.6 is 12.4 Å². The maximum Gasteiger partial charge on any atom is 0.257 e. The van der Waals surface area contributed by atoms with Crippen molar-refractivity contribution in [3.05, 3.63) is 17.5 Å². The number of rotatable bonds is 3. The van der Waals surface area contributed by atoms with Crippen LogP contribution in [0.15, 0.2) is 6.20 Å². The highest BCUT2D eigenvalue weighted by molar-refractivity contribution is 5.95. The van der Waals surface area contributed by atoms with E-state index in [1.54, 1.807) is 6.20 Å². The highest BCUT2D eigenvalue weighted by atomic mass is 35.5. The molecule has 4 heterocycles. The van der Waals surface area contributed by atoms with E-state index in [0.717, 1.165) is 37.2 Å². The first-order valence-electron chi connectivity index (χ1n) is 10.0. The van der Waals surface area contributed by atoms with Gasteiger partial charge in [-0.2, -0.15) is 5.10 Å². The second-order valence-electron chi connectivity index (χ2n) is 8.52. The van der Waals surface area contributed by atoms with E-state index in [2.05, 4.69) is 15.5 Å². The molecule has 3 N–H and O–H groups in total. The van der Waals surface area contributed by atoms with E-state index in [1.807, 2.05) is 4.90 Å². The minimum Gasteiger partial charge on any atom is -0.396 e. The minimum atomic E-state index is -0.333. The molecule has 1 aromatic rings. The van der Waals surface area contributed by atoms with Crippen LogP contribution in [0.5, 0.6) is 0 Å². The summed E-state index contributed by atoms with van der Waals surface area (Å²) in [5.74, 6) is 0.810. The van der Waals surface area contributed by atoms with Crippen LogP contribution in [-0.2, 0) is 4.74 Å². The summed E-state index contributed by atoms with van der Waals surface area (Å²) in [6, 6.07) is 0. The third-order valence-corrected chi connectivity index (χ3v) is 7.11. The zero-order chi connectivity index (χ0) is 17.7. The molecule has 0 aromatic carbocycles. The van der Waals surface area contributed by atoms with Crippen LogP contribution in [0.2, 0.25) is 0 Å². The fraction of sp³-hybridized carbons (Fsp3) is 0.789. The van der Waals surface area contributed by atoms with Gasteiger partial charge in [-0.1, -0.05) is 19.3 Å². The van der Waals surface area contributed by atoms with Gasteiger partial charge in [0.2, 0.25) is 0 Å². The molecule has 27 heavy (non-hydrogen) atoms. The molecule has 3 aliphatic heterocycles. The minimum absolute atomic E-state index is 0. The van der Waals surface area contributed by atoms with Gasteiger partial charge in [0.15, 0.2) is 0 Å². The third kappa shape index (κ3) is 2.99. The molecule has 1 saturated carbocycles. The van der Waals surface area contributed by atoms with Crippen LogP contribution in [0.3, 0.4) is 0 Å². The largest absolute Gasteiger partial charge is 0.396 e. The summed E-state index contributed by atoms with van der Waals surface area (Å²) in [7, 11) is 0. The highest BCUT2D eigenvalue weighted by Gasteiger charge is 2.61. The van der Waals surface area contributed by atoms with Crippen molar-refractivity contribution in [2.45, 2.75) is 49.7 Å². The first-order valence-corrected chi connectivity index (χ1v) is 10.0. The zero-order valence-corrected chi connectivity index (χ0v) is 16.3. The van der Waals surface area contributed by atoms with Crippen LogP contribution in [0.25, 0.3) is 0 Å². The molecule has 1 amide bonds. The molecule has 7 nitrogen and oxygen atoms in total. The van der Waals surface area contributed by atoms with Crippen molar-refractivity contribution in [3.63, 3.8) is 0 Å². The first-order chi connectivity index (χ1) is 12.7. The molecule has 1 aliphatic carbocycles. The van der Waals surface area contributed by atoms with Gasteiger partial charge in [-0.05, 0) is 12.8 Å². The van der Waals surface area contributed by atoms with Crippen LogP contribution in [-0.4, -0.2) is 70.6 Å². The monoisotopic (exact) mass is 396 g/mol. The molecule has 5 rings (SSSR count). The lowest BCUT2D eigenvalue weighted by atomic mass is 9.83. The molecule has 1 spiro atoms. The average Bonchev–Trinajstić information content (AvgIpc) is 3.33. The van der Waals surface area contributed by atoms with Gasteiger partial charge in [-0.3, -0.25) is 9.89 Å². The number of morpholine rings is 1. The van der Waals surface area contributed by atoms with Gasteiger partial charge in [0.05, 0.1) is 30.1 Å². The van der Waals surface area contributed by atoms with E-state index in [0.29, 0.717) is 19.0 Å². The van der Waals surface area contributed by atoms with Gasteiger partial charge < -0.3 is 20.1 Å². The highest BCUT2D eigenvalue weighted by Crippen LogP contribution is 2.47. The number of carbonyl (C=O) groups excluding carboxylic acids is 1. The van der Waals surface area contributed by atoms with Gasteiger partial charge in [-0.25, -0.2) is 0 Å². The second-order valence-corrected chi connectivity index (χ2v) is 8.52. The van der Waals surface area contributed by atoms with Crippen molar-refractivity contribution < 1.29 is 14.6 Å². The number of amides is 1. The predicted octanol–water partition coefficient (Wildman–Crippen LogP) is 1.30. The summed E-state index contributed by atoms with van der Waals surface area (Å²) < 4.78 is 6.32. The molecule has 1 aromatic heterocycles. The summed E-state index contributed by atoms with van der Waals surface area (Å²) in [5, 5.41) is 20.6.